The Hall–Kier alpha value is -1.98. The smallest absolute Gasteiger partial charge is 0.347 e. The summed E-state index contributed by atoms with van der Waals surface area (Å²) in [6, 6.07) is 4.71. The van der Waals surface area contributed by atoms with E-state index in [4.69, 9.17) is 32.4 Å². The van der Waals surface area contributed by atoms with Gasteiger partial charge < -0.3 is 13.9 Å². The molecule has 0 spiro atoms. The van der Waals surface area contributed by atoms with Crippen LogP contribution in [0.5, 0.6) is 5.75 Å². The van der Waals surface area contributed by atoms with E-state index in [1.165, 1.54) is 19.4 Å². The van der Waals surface area contributed by atoms with E-state index >= 15 is 0 Å². The summed E-state index contributed by atoms with van der Waals surface area (Å²) in [5, 5.41) is 0.160. The van der Waals surface area contributed by atoms with Crippen molar-refractivity contribution in [3.8, 4) is 5.75 Å². The molecule has 0 radical (unpaired) electrons. The van der Waals surface area contributed by atoms with E-state index in [1.54, 1.807) is 12.1 Å². The van der Waals surface area contributed by atoms with Gasteiger partial charge in [-0.25, -0.2) is 4.79 Å². The summed E-state index contributed by atoms with van der Waals surface area (Å²) in [4.78, 5) is 24.0. The lowest BCUT2D eigenvalue weighted by atomic mass is 10.0. The molecule has 0 amide bonds. The summed E-state index contributed by atoms with van der Waals surface area (Å²) < 4.78 is 15.2. The number of hydrogen-bond donors (Lipinski definition) is 0. The molecule has 0 saturated heterocycles. The second-order valence-electron chi connectivity index (χ2n) is 4.68. The number of benzene rings is 1. The second kappa shape index (κ2) is 5.66. The molecule has 0 fully saturated rings. The van der Waals surface area contributed by atoms with E-state index in [0.717, 1.165) is 0 Å². The highest BCUT2D eigenvalue weighted by atomic mass is 35.5. The zero-order valence-corrected chi connectivity index (χ0v) is 12.9. The Morgan fingerprint density at radius 1 is 1.32 bits per heavy atom. The largest absolute Gasteiger partial charge is 0.476 e. The molecule has 1 aliphatic rings. The van der Waals surface area contributed by atoms with Crippen molar-refractivity contribution in [3.63, 3.8) is 0 Å². The van der Waals surface area contributed by atoms with Crippen LogP contribution in [0.2, 0.25) is 10.0 Å². The third-order valence-corrected chi connectivity index (χ3v) is 4.21. The van der Waals surface area contributed by atoms with E-state index in [9.17, 15) is 9.59 Å². The van der Waals surface area contributed by atoms with Crippen LogP contribution in [-0.4, -0.2) is 25.0 Å². The maximum atomic E-state index is 12.4. The maximum absolute atomic E-state index is 12.4. The molecule has 5 nitrogen and oxygen atoms in total. The Balaban J connectivity index is 2.02. The Morgan fingerprint density at radius 2 is 2.09 bits per heavy atom. The summed E-state index contributed by atoms with van der Waals surface area (Å²) in [5.74, 6) is -0.442. The number of rotatable bonds is 3. The van der Waals surface area contributed by atoms with Gasteiger partial charge in [-0.1, -0.05) is 23.2 Å². The lowest BCUT2D eigenvalue weighted by Crippen LogP contribution is -2.26. The van der Waals surface area contributed by atoms with Gasteiger partial charge in [0.05, 0.1) is 18.4 Å². The van der Waals surface area contributed by atoms with Crippen LogP contribution in [0.25, 0.3) is 0 Å². The maximum Gasteiger partial charge on any atom is 0.347 e. The zero-order valence-electron chi connectivity index (χ0n) is 11.4. The summed E-state index contributed by atoms with van der Waals surface area (Å²) in [7, 11) is 1.27. The number of methoxy groups -OCH3 is 1. The van der Waals surface area contributed by atoms with Gasteiger partial charge in [0, 0.05) is 17.5 Å². The topological polar surface area (TPSA) is 65.7 Å². The number of ketones is 1. The molecule has 3 rings (SSSR count). The van der Waals surface area contributed by atoms with Crippen LogP contribution in [0.4, 0.5) is 0 Å². The minimum absolute atomic E-state index is 0.0623. The molecule has 2 heterocycles. The number of furan rings is 1. The molecule has 1 aliphatic heterocycles. The summed E-state index contributed by atoms with van der Waals surface area (Å²) in [6.45, 7) is 0. The monoisotopic (exact) mass is 340 g/mol. The van der Waals surface area contributed by atoms with Gasteiger partial charge in [-0.15, -0.1) is 0 Å². The van der Waals surface area contributed by atoms with Gasteiger partial charge in [0.25, 0.3) is 0 Å². The lowest BCUT2D eigenvalue weighted by molar-refractivity contribution is -0.147. The first-order valence-electron chi connectivity index (χ1n) is 6.36. The molecular weight excluding hydrogens is 331 g/mol. The average Bonchev–Trinajstić information content (AvgIpc) is 3.18. The first kappa shape index (κ1) is 14.9. The first-order valence-corrected chi connectivity index (χ1v) is 7.12. The van der Waals surface area contributed by atoms with E-state index in [0.29, 0.717) is 11.3 Å². The summed E-state index contributed by atoms with van der Waals surface area (Å²) >= 11 is 12.3. The molecule has 114 valence electrons. The third kappa shape index (κ3) is 2.36. The van der Waals surface area contributed by atoms with Crippen molar-refractivity contribution in [2.24, 2.45) is 0 Å². The van der Waals surface area contributed by atoms with E-state index in [-0.39, 0.29) is 33.6 Å². The van der Waals surface area contributed by atoms with Gasteiger partial charge in [-0.3, -0.25) is 4.79 Å². The SMILES string of the molecule is COC(=O)C1Cc2cc(C(=O)c3ccco3)c(Cl)c(Cl)c2O1. The normalized spacial score (nSPS) is 16.0. The predicted octanol–water partition coefficient (Wildman–Crippen LogP) is 3.29. The molecule has 1 aromatic heterocycles. The van der Waals surface area contributed by atoms with Gasteiger partial charge in [0.15, 0.2) is 11.9 Å². The van der Waals surface area contributed by atoms with Crippen LogP contribution in [0.15, 0.2) is 28.9 Å². The second-order valence-corrected chi connectivity index (χ2v) is 5.44. The minimum Gasteiger partial charge on any atom is -0.476 e. The van der Waals surface area contributed by atoms with Crippen molar-refractivity contribution in [1.29, 1.82) is 0 Å². The third-order valence-electron chi connectivity index (χ3n) is 3.36. The highest BCUT2D eigenvalue weighted by molar-refractivity contribution is 6.45. The predicted molar refractivity (Wildman–Crippen MR) is 78.7 cm³/mol. The van der Waals surface area contributed by atoms with Crippen LogP contribution >= 0.6 is 23.2 Å². The number of fused-ring (bicyclic) bond motifs is 1. The van der Waals surface area contributed by atoms with Crippen molar-refractivity contribution in [3.05, 3.63) is 51.4 Å². The van der Waals surface area contributed by atoms with Crippen LogP contribution in [0.1, 0.15) is 21.7 Å². The molecule has 0 N–H and O–H groups in total. The van der Waals surface area contributed by atoms with Crippen molar-refractivity contribution >= 4 is 35.0 Å². The zero-order chi connectivity index (χ0) is 15.9. The molecule has 1 unspecified atom stereocenters. The van der Waals surface area contributed by atoms with Crippen LogP contribution in [0, 0.1) is 0 Å². The van der Waals surface area contributed by atoms with E-state index in [2.05, 4.69) is 4.74 Å². The first-order chi connectivity index (χ1) is 10.5. The number of carbonyl (C=O) groups excluding carboxylic acids is 2. The van der Waals surface area contributed by atoms with Gasteiger partial charge in [0.2, 0.25) is 5.78 Å². The van der Waals surface area contributed by atoms with E-state index in [1.807, 2.05) is 0 Å². The minimum atomic E-state index is -0.789. The van der Waals surface area contributed by atoms with Crippen molar-refractivity contribution in [1.82, 2.24) is 0 Å². The lowest BCUT2D eigenvalue weighted by Gasteiger charge is -2.10. The van der Waals surface area contributed by atoms with Crippen LogP contribution in [-0.2, 0) is 16.0 Å². The molecule has 22 heavy (non-hydrogen) atoms. The Bertz CT molecular complexity index is 752. The van der Waals surface area contributed by atoms with Gasteiger partial charge in [-0.05, 0) is 18.2 Å². The van der Waals surface area contributed by atoms with E-state index < -0.39 is 12.1 Å². The fourth-order valence-electron chi connectivity index (χ4n) is 2.29. The van der Waals surface area contributed by atoms with Gasteiger partial charge in [-0.2, -0.15) is 0 Å². The molecule has 7 heteroatoms. The fraction of sp³-hybridized carbons (Fsp3) is 0.200. The number of hydrogen-bond acceptors (Lipinski definition) is 5. The molecular formula is C15H10Cl2O5. The highest BCUT2D eigenvalue weighted by Crippen LogP contribution is 2.43. The quantitative estimate of drug-likeness (QED) is 0.633. The Morgan fingerprint density at radius 3 is 2.73 bits per heavy atom. The average molecular weight is 341 g/mol. The molecule has 0 bridgehead atoms. The Labute approximate surface area is 135 Å². The molecule has 1 aromatic carbocycles. The summed E-state index contributed by atoms with van der Waals surface area (Å²) in [5.41, 5.74) is 0.828. The van der Waals surface area contributed by atoms with Crippen molar-refractivity contribution < 1.29 is 23.5 Å². The standard InChI is InChI=1S/C15H10Cl2O5/c1-20-15(19)10-6-7-5-8(11(16)12(17)14(7)22-10)13(18)9-3-2-4-21-9/h2-5,10H,6H2,1H3. The number of ether oxygens (including phenoxy) is 2. The Kier molecular flexibility index (Phi) is 3.85. The van der Waals surface area contributed by atoms with Gasteiger partial charge in [0.1, 0.15) is 10.8 Å². The number of esters is 1. The van der Waals surface area contributed by atoms with Crippen molar-refractivity contribution in [2.45, 2.75) is 12.5 Å². The highest BCUT2D eigenvalue weighted by Gasteiger charge is 2.34. The van der Waals surface area contributed by atoms with Crippen molar-refractivity contribution in [2.75, 3.05) is 7.11 Å². The number of halogens is 2. The van der Waals surface area contributed by atoms with Gasteiger partial charge >= 0.3 is 5.97 Å². The number of carbonyl (C=O) groups is 2. The molecule has 0 aliphatic carbocycles. The molecule has 0 saturated carbocycles. The molecule has 2 aromatic rings. The molecule has 1 atom stereocenters. The van der Waals surface area contributed by atoms with Crippen LogP contribution < -0.4 is 4.74 Å². The summed E-state index contributed by atoms with van der Waals surface area (Å²) in [6.07, 6.45) is 0.867. The fourth-order valence-corrected chi connectivity index (χ4v) is 2.79. The van der Waals surface area contributed by atoms with Crippen LogP contribution in [0.3, 0.4) is 0 Å².